The Kier molecular flexibility index (Phi) is 2.94. The fraction of sp³-hybridized carbons (Fsp3) is 0.480. The molecule has 1 aromatic carbocycles. The van der Waals surface area contributed by atoms with E-state index < -0.39 is 0 Å². The number of rotatable bonds is 1. The summed E-state index contributed by atoms with van der Waals surface area (Å²) >= 11 is 0. The van der Waals surface area contributed by atoms with Gasteiger partial charge in [0.25, 0.3) is 0 Å². The van der Waals surface area contributed by atoms with Gasteiger partial charge in [0.2, 0.25) is 0 Å². The van der Waals surface area contributed by atoms with Crippen LogP contribution in [0, 0.1) is 6.92 Å². The van der Waals surface area contributed by atoms with E-state index in [0.717, 1.165) is 24.0 Å². The number of nitrogens with zero attached hydrogens (tertiary/aromatic N) is 1. The quantitative estimate of drug-likeness (QED) is 0.507. The molecular weight excluding hydrogens is 330 g/mol. The van der Waals surface area contributed by atoms with Gasteiger partial charge in [-0.1, -0.05) is 59.7 Å². The smallest absolute Gasteiger partial charge is 0.190 e. The lowest BCUT2D eigenvalue weighted by atomic mass is 9.75. The topological polar surface area (TPSA) is 21.5 Å². The summed E-state index contributed by atoms with van der Waals surface area (Å²) in [6.07, 6.45) is 4.23. The first kappa shape index (κ1) is 17.0. The van der Waals surface area contributed by atoms with Crippen molar-refractivity contribution >= 4 is 16.3 Å². The summed E-state index contributed by atoms with van der Waals surface area (Å²) in [6, 6.07) is 6.62. The number of pyridine rings is 2. The van der Waals surface area contributed by atoms with E-state index >= 15 is 0 Å². The molecule has 2 aliphatic carbocycles. The van der Waals surface area contributed by atoms with Crippen molar-refractivity contribution in [3.8, 4) is 0 Å². The molecule has 0 saturated heterocycles. The van der Waals surface area contributed by atoms with Gasteiger partial charge in [0.15, 0.2) is 5.43 Å². The Morgan fingerprint density at radius 3 is 2.41 bits per heavy atom. The molecule has 140 valence electrons. The molecule has 2 nitrogen and oxygen atoms in total. The van der Waals surface area contributed by atoms with Crippen LogP contribution in [-0.2, 0) is 16.2 Å². The second-order valence-corrected chi connectivity index (χ2v) is 10.3. The predicted octanol–water partition coefficient (Wildman–Crippen LogP) is 5.75. The van der Waals surface area contributed by atoms with Crippen LogP contribution < -0.4 is 5.43 Å². The SMILES string of the molecule is CCC1(C)c2cccc3c(C)cn4c5c(c(=O)c1c4c23)C(C)(C)CC5(C)C. The summed E-state index contributed by atoms with van der Waals surface area (Å²) in [5, 5.41) is 2.59. The van der Waals surface area contributed by atoms with Crippen LogP contribution in [0.2, 0.25) is 0 Å². The summed E-state index contributed by atoms with van der Waals surface area (Å²) in [4.78, 5) is 14.0. The molecule has 2 heteroatoms. The van der Waals surface area contributed by atoms with Gasteiger partial charge in [-0.05, 0) is 41.7 Å². The van der Waals surface area contributed by atoms with Gasteiger partial charge < -0.3 is 4.40 Å². The molecule has 2 heterocycles. The molecular formula is C25H29NO. The molecule has 3 aromatic rings. The highest BCUT2D eigenvalue weighted by molar-refractivity contribution is 6.06. The molecule has 27 heavy (non-hydrogen) atoms. The van der Waals surface area contributed by atoms with Crippen molar-refractivity contribution < 1.29 is 0 Å². The van der Waals surface area contributed by atoms with Gasteiger partial charge >= 0.3 is 0 Å². The lowest BCUT2D eigenvalue weighted by Crippen LogP contribution is -2.33. The minimum absolute atomic E-state index is 0.0124. The van der Waals surface area contributed by atoms with Crippen molar-refractivity contribution in [2.24, 2.45) is 0 Å². The molecule has 1 atom stereocenters. The Morgan fingerprint density at radius 2 is 1.74 bits per heavy atom. The molecule has 2 aromatic heterocycles. The third-order valence-corrected chi connectivity index (χ3v) is 7.51. The average Bonchev–Trinajstić information content (AvgIpc) is 2.97. The van der Waals surface area contributed by atoms with Gasteiger partial charge in [0.05, 0.1) is 5.52 Å². The molecule has 0 amide bonds. The fourth-order valence-electron chi connectivity index (χ4n) is 6.51. The average molecular weight is 360 g/mol. The molecule has 0 N–H and O–H groups in total. The van der Waals surface area contributed by atoms with Crippen molar-refractivity contribution in [3.05, 3.63) is 62.6 Å². The number of aryl methyl sites for hydroxylation is 1. The summed E-state index contributed by atoms with van der Waals surface area (Å²) in [5.41, 5.74) is 7.07. The van der Waals surface area contributed by atoms with Crippen molar-refractivity contribution in [2.45, 2.75) is 77.6 Å². The van der Waals surface area contributed by atoms with Crippen molar-refractivity contribution in [3.63, 3.8) is 0 Å². The van der Waals surface area contributed by atoms with Crippen LogP contribution in [0.4, 0.5) is 0 Å². The van der Waals surface area contributed by atoms with Crippen LogP contribution in [0.3, 0.4) is 0 Å². The number of fused-ring (bicyclic) bond motifs is 2. The lowest BCUT2D eigenvalue weighted by Gasteiger charge is -2.27. The zero-order valence-electron chi connectivity index (χ0n) is 17.6. The fourth-order valence-corrected chi connectivity index (χ4v) is 6.51. The van der Waals surface area contributed by atoms with Crippen molar-refractivity contribution in [2.75, 3.05) is 0 Å². The number of aromatic nitrogens is 1. The summed E-state index contributed by atoms with van der Waals surface area (Å²) in [6.45, 7) is 15.8. The maximum atomic E-state index is 14.0. The van der Waals surface area contributed by atoms with E-state index in [1.165, 1.54) is 33.1 Å². The van der Waals surface area contributed by atoms with Crippen LogP contribution >= 0.6 is 0 Å². The minimum atomic E-state index is -0.212. The highest BCUT2D eigenvalue weighted by atomic mass is 16.1. The van der Waals surface area contributed by atoms with Crippen LogP contribution in [0.15, 0.2) is 29.2 Å². The van der Waals surface area contributed by atoms with E-state index in [9.17, 15) is 4.79 Å². The zero-order chi connectivity index (χ0) is 19.5. The van der Waals surface area contributed by atoms with Crippen LogP contribution in [-0.4, -0.2) is 4.40 Å². The first-order chi connectivity index (χ1) is 12.5. The lowest BCUT2D eigenvalue weighted by molar-refractivity contribution is 0.397. The molecule has 0 aliphatic heterocycles. The number of hydrogen-bond donors (Lipinski definition) is 0. The monoisotopic (exact) mass is 359 g/mol. The van der Waals surface area contributed by atoms with Gasteiger partial charge in [-0.3, -0.25) is 4.79 Å². The van der Waals surface area contributed by atoms with Crippen molar-refractivity contribution in [1.82, 2.24) is 4.40 Å². The van der Waals surface area contributed by atoms with E-state index in [1.54, 1.807) is 0 Å². The summed E-state index contributed by atoms with van der Waals surface area (Å²) in [7, 11) is 0. The van der Waals surface area contributed by atoms with Gasteiger partial charge in [-0.25, -0.2) is 0 Å². The number of hydrogen-bond acceptors (Lipinski definition) is 1. The Labute approximate surface area is 161 Å². The highest BCUT2D eigenvalue weighted by Crippen LogP contribution is 2.53. The second-order valence-electron chi connectivity index (χ2n) is 10.3. The second kappa shape index (κ2) is 4.66. The minimum Gasteiger partial charge on any atom is -0.319 e. The van der Waals surface area contributed by atoms with Crippen LogP contribution in [0.25, 0.3) is 16.3 Å². The Hall–Kier alpha value is -2.09. The van der Waals surface area contributed by atoms with Crippen LogP contribution in [0.1, 0.15) is 82.3 Å². The van der Waals surface area contributed by atoms with Crippen LogP contribution in [0.5, 0.6) is 0 Å². The van der Waals surface area contributed by atoms with Gasteiger partial charge in [-0.15, -0.1) is 0 Å². The molecule has 0 bridgehead atoms. The Balaban J connectivity index is 2.16. The van der Waals surface area contributed by atoms with E-state index in [-0.39, 0.29) is 16.2 Å². The summed E-state index contributed by atoms with van der Waals surface area (Å²) in [5.74, 6) is 0. The molecule has 1 unspecified atom stereocenters. The first-order valence-corrected chi connectivity index (χ1v) is 10.2. The molecule has 0 saturated carbocycles. The molecule has 2 aliphatic rings. The Bertz CT molecular complexity index is 1230. The predicted molar refractivity (Wildman–Crippen MR) is 113 cm³/mol. The first-order valence-electron chi connectivity index (χ1n) is 10.2. The summed E-state index contributed by atoms with van der Waals surface area (Å²) < 4.78 is 2.41. The number of benzene rings is 1. The third-order valence-electron chi connectivity index (χ3n) is 7.51. The third kappa shape index (κ3) is 1.75. The molecule has 5 rings (SSSR count). The van der Waals surface area contributed by atoms with Gasteiger partial charge in [-0.2, -0.15) is 0 Å². The zero-order valence-corrected chi connectivity index (χ0v) is 17.6. The van der Waals surface area contributed by atoms with E-state index in [2.05, 4.69) is 77.3 Å². The Morgan fingerprint density at radius 1 is 1.04 bits per heavy atom. The standard InChI is InChI=1S/C25H29NO/c1-8-25(7)16-11-9-10-15-14(2)12-26-20(17(15)16)18(25)21(27)19-22(26)24(5,6)13-23(19,3)4/h9-12H,8,13H2,1-7H3. The van der Waals surface area contributed by atoms with E-state index in [0.29, 0.717) is 5.43 Å². The largest absolute Gasteiger partial charge is 0.319 e. The van der Waals surface area contributed by atoms with E-state index in [1.807, 2.05) is 0 Å². The highest BCUT2D eigenvalue weighted by Gasteiger charge is 2.49. The molecule has 0 fully saturated rings. The molecule has 0 radical (unpaired) electrons. The van der Waals surface area contributed by atoms with Crippen molar-refractivity contribution in [1.29, 1.82) is 0 Å². The normalized spacial score (nSPS) is 24.3. The van der Waals surface area contributed by atoms with Gasteiger partial charge in [0.1, 0.15) is 0 Å². The maximum Gasteiger partial charge on any atom is 0.190 e. The molecule has 0 spiro atoms. The van der Waals surface area contributed by atoms with Gasteiger partial charge in [0, 0.05) is 39.2 Å². The maximum absolute atomic E-state index is 14.0. The van der Waals surface area contributed by atoms with E-state index in [4.69, 9.17) is 0 Å².